The van der Waals surface area contributed by atoms with Crippen molar-refractivity contribution in [2.75, 3.05) is 43.7 Å². The van der Waals surface area contributed by atoms with Crippen molar-refractivity contribution in [3.63, 3.8) is 0 Å². The Morgan fingerprint density at radius 2 is 1.14 bits per heavy atom. The SMILES string of the molecule is O=S(=O)(O)CCCCOC[C@@H]1C[C@H](OCCCCS(=O)(=O)O)[C@@H](OCCCCS(=O)(=O)O)[C@@H](O)O1. The minimum absolute atomic E-state index is 0.0676. The van der Waals surface area contributed by atoms with E-state index in [0.717, 1.165) is 0 Å². The van der Waals surface area contributed by atoms with Crippen molar-refractivity contribution < 1.29 is 63.0 Å². The van der Waals surface area contributed by atoms with Crippen molar-refractivity contribution in [1.29, 1.82) is 0 Å². The lowest BCUT2D eigenvalue weighted by atomic mass is 10.0. The van der Waals surface area contributed by atoms with Gasteiger partial charge in [0.2, 0.25) is 0 Å². The zero-order valence-corrected chi connectivity index (χ0v) is 21.8. The highest BCUT2D eigenvalue weighted by Gasteiger charge is 2.39. The molecule has 4 atom stereocenters. The van der Waals surface area contributed by atoms with Gasteiger partial charge in [0.1, 0.15) is 6.10 Å². The molecule has 0 spiro atoms. The lowest BCUT2D eigenvalue weighted by Gasteiger charge is -2.39. The van der Waals surface area contributed by atoms with E-state index in [1.807, 2.05) is 0 Å². The number of aliphatic hydroxyl groups is 1. The van der Waals surface area contributed by atoms with Gasteiger partial charge in [0.25, 0.3) is 30.4 Å². The standard InChI is InChI=1S/C18H36O14S3/c19-18-17(31-9-3-6-12-35(26,27)28)16(30-8-2-5-11-34(23,24)25)13-15(32-18)14-29-7-1-4-10-33(20,21)22/h15-19H,1-14H2,(H,20,21,22)(H,23,24,25)(H,26,27,28)/t15-,16-,17+,18-/m0/s1. The van der Waals surface area contributed by atoms with Gasteiger partial charge in [-0.2, -0.15) is 25.3 Å². The van der Waals surface area contributed by atoms with Crippen LogP contribution < -0.4 is 0 Å². The van der Waals surface area contributed by atoms with Crippen LogP contribution in [0, 0.1) is 0 Å². The monoisotopic (exact) mass is 572 g/mol. The third-order valence-electron chi connectivity index (χ3n) is 4.95. The molecule has 1 saturated heterocycles. The summed E-state index contributed by atoms with van der Waals surface area (Å²) in [5.74, 6) is -1.20. The smallest absolute Gasteiger partial charge is 0.264 e. The lowest BCUT2D eigenvalue weighted by molar-refractivity contribution is -0.273. The van der Waals surface area contributed by atoms with Crippen molar-refractivity contribution in [3.8, 4) is 0 Å². The fourth-order valence-electron chi connectivity index (χ4n) is 3.30. The Bertz CT molecular complexity index is 903. The normalized spacial score (nSPS) is 24.0. The van der Waals surface area contributed by atoms with Crippen LogP contribution >= 0.6 is 0 Å². The summed E-state index contributed by atoms with van der Waals surface area (Å²) in [6, 6.07) is 0. The van der Waals surface area contributed by atoms with E-state index in [1.54, 1.807) is 0 Å². The van der Waals surface area contributed by atoms with E-state index < -0.39 is 66.5 Å². The minimum Gasteiger partial charge on any atom is -0.379 e. The van der Waals surface area contributed by atoms with Crippen molar-refractivity contribution >= 4 is 30.4 Å². The van der Waals surface area contributed by atoms with Gasteiger partial charge in [-0.3, -0.25) is 13.7 Å². The maximum absolute atomic E-state index is 10.8. The number of ether oxygens (including phenoxy) is 4. The molecule has 0 amide bonds. The van der Waals surface area contributed by atoms with Crippen molar-refractivity contribution in [3.05, 3.63) is 0 Å². The maximum Gasteiger partial charge on any atom is 0.264 e. The Kier molecular flexibility index (Phi) is 14.6. The second kappa shape index (κ2) is 15.7. The average molecular weight is 573 g/mol. The van der Waals surface area contributed by atoms with E-state index in [-0.39, 0.29) is 57.9 Å². The van der Waals surface area contributed by atoms with Crippen molar-refractivity contribution in [2.24, 2.45) is 0 Å². The van der Waals surface area contributed by atoms with Gasteiger partial charge >= 0.3 is 0 Å². The van der Waals surface area contributed by atoms with Crippen LogP contribution in [0.15, 0.2) is 0 Å². The van der Waals surface area contributed by atoms with Gasteiger partial charge in [0.15, 0.2) is 6.29 Å². The number of hydrogen-bond donors (Lipinski definition) is 4. The van der Waals surface area contributed by atoms with Crippen LogP contribution in [-0.2, 0) is 49.3 Å². The fraction of sp³-hybridized carbons (Fsp3) is 1.00. The molecule has 0 aromatic rings. The molecule has 0 unspecified atom stereocenters. The predicted molar refractivity (Wildman–Crippen MR) is 123 cm³/mol. The summed E-state index contributed by atoms with van der Waals surface area (Å²) >= 11 is 0. The second-order valence-corrected chi connectivity index (χ2v) is 12.9. The van der Waals surface area contributed by atoms with Gasteiger partial charge in [-0.15, -0.1) is 0 Å². The van der Waals surface area contributed by atoms with Crippen LogP contribution in [-0.4, -0.2) is 112 Å². The third kappa shape index (κ3) is 17.6. The van der Waals surface area contributed by atoms with Crippen LogP contribution in [0.5, 0.6) is 0 Å². The number of hydrogen-bond acceptors (Lipinski definition) is 11. The molecule has 0 aromatic carbocycles. The topological polar surface area (TPSA) is 220 Å². The molecule has 1 aliphatic heterocycles. The molecule has 1 aliphatic rings. The second-order valence-electron chi connectivity index (χ2n) is 8.18. The van der Waals surface area contributed by atoms with Gasteiger partial charge in [-0.05, 0) is 38.5 Å². The minimum atomic E-state index is -4.08. The molecule has 1 rings (SSSR count). The molecule has 0 aliphatic carbocycles. The van der Waals surface area contributed by atoms with Gasteiger partial charge in [-0.25, -0.2) is 0 Å². The van der Waals surface area contributed by atoms with E-state index in [2.05, 4.69) is 0 Å². The molecule has 1 heterocycles. The summed E-state index contributed by atoms with van der Waals surface area (Å²) < 4.78 is 113. The molecular formula is C18H36O14S3. The molecular weight excluding hydrogens is 536 g/mol. The summed E-state index contributed by atoms with van der Waals surface area (Å²) in [6.45, 7) is 0.476. The van der Waals surface area contributed by atoms with Gasteiger partial charge in [0.05, 0.1) is 36.1 Å². The molecule has 0 bridgehead atoms. The maximum atomic E-state index is 10.8. The summed E-state index contributed by atoms with van der Waals surface area (Å²) in [4.78, 5) is 0. The average Bonchev–Trinajstić information content (AvgIpc) is 2.69. The van der Waals surface area contributed by atoms with Crippen molar-refractivity contribution in [1.82, 2.24) is 0 Å². The highest BCUT2D eigenvalue weighted by molar-refractivity contribution is 7.86. The predicted octanol–water partition coefficient (Wildman–Crippen LogP) is -0.115. The molecule has 210 valence electrons. The van der Waals surface area contributed by atoms with E-state index >= 15 is 0 Å². The molecule has 0 aromatic heterocycles. The lowest BCUT2D eigenvalue weighted by Crippen LogP contribution is -2.52. The summed E-state index contributed by atoms with van der Waals surface area (Å²) in [5, 5.41) is 10.4. The Morgan fingerprint density at radius 1 is 0.686 bits per heavy atom. The molecule has 1 fully saturated rings. The summed E-state index contributed by atoms with van der Waals surface area (Å²) in [5.41, 5.74) is 0. The Labute approximate surface area is 206 Å². The molecule has 0 saturated carbocycles. The number of unbranched alkanes of at least 4 members (excludes halogenated alkanes) is 3. The first-order chi connectivity index (χ1) is 16.2. The molecule has 35 heavy (non-hydrogen) atoms. The fourth-order valence-corrected chi connectivity index (χ4v) is 5.00. The van der Waals surface area contributed by atoms with Gasteiger partial charge in [-0.1, -0.05) is 0 Å². The van der Waals surface area contributed by atoms with Gasteiger partial charge < -0.3 is 24.1 Å². The Morgan fingerprint density at radius 3 is 1.63 bits per heavy atom. The zero-order valence-electron chi connectivity index (χ0n) is 19.3. The van der Waals surface area contributed by atoms with Crippen LogP contribution in [0.4, 0.5) is 0 Å². The van der Waals surface area contributed by atoms with E-state index in [0.29, 0.717) is 19.3 Å². The van der Waals surface area contributed by atoms with E-state index in [1.165, 1.54) is 0 Å². The molecule has 14 nitrogen and oxygen atoms in total. The summed E-state index contributed by atoms with van der Waals surface area (Å²) in [7, 11) is -12.2. The van der Waals surface area contributed by atoms with Crippen LogP contribution in [0.25, 0.3) is 0 Å². The van der Waals surface area contributed by atoms with E-state index in [9.17, 15) is 30.4 Å². The number of rotatable bonds is 19. The first-order valence-corrected chi connectivity index (χ1v) is 16.0. The summed E-state index contributed by atoms with van der Waals surface area (Å²) in [6.07, 6.45) is -1.73. The van der Waals surface area contributed by atoms with Crippen molar-refractivity contribution in [2.45, 2.75) is 69.5 Å². The molecule has 4 N–H and O–H groups in total. The Hall–Kier alpha value is -0.470. The first-order valence-electron chi connectivity index (χ1n) is 11.2. The largest absolute Gasteiger partial charge is 0.379 e. The number of aliphatic hydroxyl groups excluding tert-OH is 1. The quantitative estimate of drug-likeness (QED) is 0.117. The van der Waals surface area contributed by atoms with Gasteiger partial charge in [0, 0.05) is 26.2 Å². The zero-order chi connectivity index (χ0) is 26.5. The van der Waals surface area contributed by atoms with Crippen LogP contribution in [0.3, 0.4) is 0 Å². The van der Waals surface area contributed by atoms with Crippen LogP contribution in [0.2, 0.25) is 0 Å². The third-order valence-corrected chi connectivity index (χ3v) is 7.37. The molecule has 17 heteroatoms. The first kappa shape index (κ1) is 32.6. The van der Waals surface area contributed by atoms with E-state index in [4.69, 9.17) is 32.6 Å². The molecule has 0 radical (unpaired) electrons. The highest BCUT2D eigenvalue weighted by atomic mass is 32.2. The Balaban J connectivity index is 2.52. The van der Waals surface area contributed by atoms with Crippen LogP contribution in [0.1, 0.15) is 44.9 Å². The highest BCUT2D eigenvalue weighted by Crippen LogP contribution is 2.25.